The number of aromatic hydroxyl groups is 1. The van der Waals surface area contributed by atoms with Crippen LogP contribution in [0, 0.1) is 18.8 Å². The van der Waals surface area contributed by atoms with Gasteiger partial charge in [-0.05, 0) is 79.3 Å². The van der Waals surface area contributed by atoms with Gasteiger partial charge in [0.05, 0.1) is 41.9 Å². The number of carbonyl (C=O) groups excluding carboxylic acids is 1. The minimum absolute atomic E-state index is 0.000399. The van der Waals surface area contributed by atoms with Gasteiger partial charge >= 0.3 is 6.09 Å². The Morgan fingerprint density at radius 1 is 1.11 bits per heavy atom. The molecule has 2 fully saturated rings. The third-order valence-corrected chi connectivity index (χ3v) is 10.1. The van der Waals surface area contributed by atoms with Crippen LogP contribution < -0.4 is 10.1 Å². The first-order chi connectivity index (χ1) is 22.5. The highest BCUT2D eigenvalue weighted by molar-refractivity contribution is 7.89. The van der Waals surface area contributed by atoms with Gasteiger partial charge in [0.25, 0.3) is 0 Å². The molecule has 5 rings (SSSR count). The summed E-state index contributed by atoms with van der Waals surface area (Å²) in [6, 6.07) is 16.0. The van der Waals surface area contributed by atoms with Crippen molar-refractivity contribution in [3.8, 4) is 11.5 Å². The second-order valence-electron chi connectivity index (χ2n) is 12.4. The third kappa shape index (κ3) is 8.99. The van der Waals surface area contributed by atoms with Gasteiger partial charge in [-0.1, -0.05) is 32.0 Å². The summed E-state index contributed by atoms with van der Waals surface area (Å²) in [4.78, 5) is 17.5. The number of hydrogen-bond donors (Lipinski definition) is 3. The summed E-state index contributed by atoms with van der Waals surface area (Å²) in [5, 5.41) is 24.4. The van der Waals surface area contributed by atoms with Crippen molar-refractivity contribution in [2.45, 2.75) is 69.7 Å². The number of hydrogen-bond acceptors (Lipinski definition) is 10. The molecule has 0 aliphatic carbocycles. The number of aliphatic hydroxyl groups is 1. The summed E-state index contributed by atoms with van der Waals surface area (Å²) in [6.45, 7) is 6.25. The van der Waals surface area contributed by atoms with Gasteiger partial charge in [-0.3, -0.25) is 4.98 Å². The van der Waals surface area contributed by atoms with Gasteiger partial charge in [0.15, 0.2) is 6.29 Å². The second kappa shape index (κ2) is 15.4. The Labute approximate surface area is 275 Å². The number of benzene rings is 2. The number of sulfonamides is 1. The molecule has 0 bridgehead atoms. The van der Waals surface area contributed by atoms with Crippen LogP contribution >= 0.6 is 0 Å². The Morgan fingerprint density at radius 2 is 1.89 bits per heavy atom. The largest absolute Gasteiger partial charge is 0.508 e. The van der Waals surface area contributed by atoms with Crippen LogP contribution in [0.25, 0.3) is 0 Å². The quantitative estimate of drug-likeness (QED) is 0.231. The minimum Gasteiger partial charge on any atom is -0.508 e. The fraction of sp³-hybridized carbons (Fsp3) is 0.471. The van der Waals surface area contributed by atoms with Gasteiger partial charge in [-0.2, -0.15) is 4.31 Å². The predicted molar refractivity (Wildman–Crippen MR) is 172 cm³/mol. The average molecular weight is 670 g/mol. The zero-order chi connectivity index (χ0) is 33.6. The maximum Gasteiger partial charge on any atom is 0.407 e. The molecular weight excluding hydrogens is 626 g/mol. The first kappa shape index (κ1) is 34.6. The first-order valence-corrected chi connectivity index (χ1v) is 17.2. The van der Waals surface area contributed by atoms with Gasteiger partial charge in [-0.15, -0.1) is 0 Å². The van der Waals surface area contributed by atoms with Crippen molar-refractivity contribution in [2.24, 2.45) is 11.8 Å². The molecule has 5 atom stereocenters. The normalized spacial score (nSPS) is 20.6. The Kier molecular flexibility index (Phi) is 11.4. The van der Waals surface area contributed by atoms with E-state index in [9.17, 15) is 23.4 Å². The highest BCUT2D eigenvalue weighted by Crippen LogP contribution is 2.33. The number of phenolic OH excluding ortho intramolecular Hbond substituents is 1. The molecule has 2 aliphatic heterocycles. The summed E-state index contributed by atoms with van der Waals surface area (Å²) in [7, 11) is -4.06. The van der Waals surface area contributed by atoms with Crippen molar-refractivity contribution in [3.63, 3.8) is 0 Å². The zero-order valence-electron chi connectivity index (χ0n) is 26.8. The van der Waals surface area contributed by atoms with Crippen LogP contribution in [0.5, 0.6) is 11.5 Å². The van der Waals surface area contributed by atoms with E-state index in [1.807, 2.05) is 44.2 Å². The number of pyridine rings is 1. The zero-order valence-corrected chi connectivity index (χ0v) is 27.6. The molecule has 0 spiro atoms. The Balaban J connectivity index is 1.32. The smallest absolute Gasteiger partial charge is 0.407 e. The molecule has 3 N–H and O–H groups in total. The molecule has 2 aromatic carbocycles. The number of rotatable bonds is 14. The number of alkyl carbamates (subject to hydrolysis) is 1. The summed E-state index contributed by atoms with van der Waals surface area (Å²) in [5.74, 6) is 0.479. The summed E-state index contributed by atoms with van der Waals surface area (Å²) in [5.41, 5.74) is 1.98. The minimum atomic E-state index is -4.06. The van der Waals surface area contributed by atoms with Gasteiger partial charge < -0.3 is 34.5 Å². The van der Waals surface area contributed by atoms with E-state index in [1.165, 1.54) is 22.5 Å². The van der Waals surface area contributed by atoms with Crippen molar-refractivity contribution in [2.75, 3.05) is 26.3 Å². The van der Waals surface area contributed by atoms with Crippen molar-refractivity contribution < 1.29 is 42.4 Å². The number of aromatic nitrogens is 1. The molecule has 254 valence electrons. The number of nitrogens with zero attached hydrogens (tertiary/aromatic N) is 2. The molecule has 0 saturated carbocycles. The molecule has 0 radical (unpaired) electrons. The van der Waals surface area contributed by atoms with Gasteiger partial charge in [0.2, 0.25) is 10.0 Å². The average Bonchev–Trinajstić information content (AvgIpc) is 3.67. The van der Waals surface area contributed by atoms with Crippen molar-refractivity contribution in [1.29, 1.82) is 0 Å². The Hall–Kier alpha value is -3.75. The van der Waals surface area contributed by atoms with Gasteiger partial charge in [-0.25, -0.2) is 13.2 Å². The second-order valence-corrected chi connectivity index (χ2v) is 14.3. The maximum absolute atomic E-state index is 13.8. The van der Waals surface area contributed by atoms with E-state index in [2.05, 4.69) is 10.3 Å². The number of fused-ring (bicyclic) bond motifs is 1. The van der Waals surface area contributed by atoms with Gasteiger partial charge in [0.1, 0.15) is 24.2 Å². The molecule has 0 unspecified atom stereocenters. The van der Waals surface area contributed by atoms with Crippen LogP contribution in [0.1, 0.15) is 37.1 Å². The molecule has 1 amide bonds. The summed E-state index contributed by atoms with van der Waals surface area (Å²) in [6.07, 6.45) is -0.347. The molecule has 3 aromatic rings. The Morgan fingerprint density at radius 3 is 2.60 bits per heavy atom. The van der Waals surface area contributed by atoms with E-state index in [4.69, 9.17) is 18.9 Å². The van der Waals surface area contributed by atoms with E-state index in [0.717, 1.165) is 11.3 Å². The maximum atomic E-state index is 13.8. The number of aryl methyl sites for hydroxylation is 1. The van der Waals surface area contributed by atoms with Crippen LogP contribution in [0.3, 0.4) is 0 Å². The third-order valence-electron chi connectivity index (χ3n) is 8.27. The molecule has 2 aliphatic rings. The number of aliphatic hydroxyl groups excluding tert-OH is 1. The molecule has 12 nitrogen and oxygen atoms in total. The lowest BCUT2D eigenvalue weighted by atomic mass is 10.0. The van der Waals surface area contributed by atoms with Crippen LogP contribution in [0.15, 0.2) is 71.8 Å². The van der Waals surface area contributed by atoms with E-state index in [0.29, 0.717) is 30.9 Å². The van der Waals surface area contributed by atoms with Crippen LogP contribution in [0.4, 0.5) is 4.79 Å². The number of nitrogens with one attached hydrogen (secondary N) is 1. The molecule has 13 heteroatoms. The number of carbonyl (C=O) groups is 1. The summed E-state index contributed by atoms with van der Waals surface area (Å²) < 4.78 is 51.5. The van der Waals surface area contributed by atoms with Crippen molar-refractivity contribution in [1.82, 2.24) is 14.6 Å². The van der Waals surface area contributed by atoms with Crippen molar-refractivity contribution >= 4 is 16.1 Å². The molecule has 1 aromatic heterocycles. The first-order valence-electron chi connectivity index (χ1n) is 15.8. The highest BCUT2D eigenvalue weighted by atomic mass is 32.2. The van der Waals surface area contributed by atoms with Crippen LogP contribution in [-0.4, -0.2) is 84.9 Å². The summed E-state index contributed by atoms with van der Waals surface area (Å²) >= 11 is 0. The molecule has 3 heterocycles. The number of phenols is 1. The highest BCUT2D eigenvalue weighted by Gasteiger charge is 2.44. The standard InChI is InChI=1S/C34H43N3O9S/c1-22(2)18-37(47(41,42)27-11-12-30(38)23(3)16-27)19-31(39)29(36-34(40)46-32-21-45-33-28(32)13-15-43-33)17-24-7-9-26(10-8-24)44-20-25-6-4-5-14-35-25/h4-12,14,16,22,28-29,31-33,38-39H,13,15,17-21H2,1-3H3,(H,36,40)/t28-,29-,31+,32-,33+/m0/s1. The fourth-order valence-corrected chi connectivity index (χ4v) is 7.43. The van der Waals surface area contributed by atoms with E-state index >= 15 is 0 Å². The topological polar surface area (TPSA) is 157 Å². The van der Waals surface area contributed by atoms with Gasteiger partial charge in [0, 0.05) is 19.3 Å². The molecular formula is C34H43N3O9S. The van der Waals surface area contributed by atoms with E-state index in [-0.39, 0.29) is 48.6 Å². The lowest BCUT2D eigenvalue weighted by Crippen LogP contribution is -2.51. The monoisotopic (exact) mass is 669 g/mol. The molecule has 47 heavy (non-hydrogen) atoms. The van der Waals surface area contributed by atoms with E-state index in [1.54, 1.807) is 25.3 Å². The van der Waals surface area contributed by atoms with E-state index < -0.39 is 40.7 Å². The fourth-order valence-electron chi connectivity index (χ4n) is 5.72. The number of ether oxygens (including phenoxy) is 4. The lowest BCUT2D eigenvalue weighted by molar-refractivity contribution is -0.0907. The SMILES string of the molecule is Cc1cc(S(=O)(=O)N(CC(C)C)C[C@@H](O)[C@H](Cc2ccc(OCc3ccccn3)cc2)NC(=O)O[C@H]2CO[C@H]3OCC[C@H]32)ccc1O. The van der Waals surface area contributed by atoms with Crippen molar-refractivity contribution in [3.05, 3.63) is 83.7 Å². The lowest BCUT2D eigenvalue weighted by Gasteiger charge is -2.31. The van der Waals surface area contributed by atoms with Crippen LogP contribution in [-0.2, 0) is 37.3 Å². The van der Waals surface area contributed by atoms with Crippen LogP contribution in [0.2, 0.25) is 0 Å². The Bertz CT molecular complexity index is 1590. The predicted octanol–water partition coefficient (Wildman–Crippen LogP) is 3.78. The number of amides is 1. The molecule has 2 saturated heterocycles.